The smallest absolute Gasteiger partial charge is 0.228 e. The number of nitrogens with zero attached hydrogens (tertiary/aromatic N) is 1. The average molecular weight is 265 g/mol. The van der Waals surface area contributed by atoms with E-state index in [0.717, 1.165) is 24.2 Å². The van der Waals surface area contributed by atoms with Crippen LogP contribution in [0.3, 0.4) is 0 Å². The van der Waals surface area contributed by atoms with Crippen molar-refractivity contribution in [3.63, 3.8) is 0 Å². The molecular formula is C18H19NO. The first-order valence-corrected chi connectivity index (χ1v) is 7.24. The molecule has 102 valence electrons. The van der Waals surface area contributed by atoms with E-state index in [9.17, 15) is 4.79 Å². The summed E-state index contributed by atoms with van der Waals surface area (Å²) in [6, 6.07) is 16.2. The fraction of sp³-hybridized carbons (Fsp3) is 0.278. The van der Waals surface area contributed by atoms with Gasteiger partial charge in [-0.05, 0) is 55.0 Å². The zero-order valence-corrected chi connectivity index (χ0v) is 11.8. The number of rotatable bonds is 2. The number of anilines is 2. The molecule has 0 bridgehead atoms. The summed E-state index contributed by atoms with van der Waals surface area (Å²) in [5.74, 6) is 0.0650. The Morgan fingerprint density at radius 1 is 0.950 bits per heavy atom. The molecule has 1 aliphatic carbocycles. The first kappa shape index (κ1) is 12.9. The second kappa shape index (κ2) is 5.49. The Balaban J connectivity index is 2.11. The van der Waals surface area contributed by atoms with Crippen molar-refractivity contribution in [1.29, 1.82) is 0 Å². The Morgan fingerprint density at radius 3 is 2.45 bits per heavy atom. The predicted molar refractivity (Wildman–Crippen MR) is 82.3 cm³/mol. The molecule has 0 radical (unpaired) electrons. The van der Waals surface area contributed by atoms with Crippen LogP contribution in [0.15, 0.2) is 48.5 Å². The Kier molecular flexibility index (Phi) is 3.55. The van der Waals surface area contributed by atoms with E-state index in [-0.39, 0.29) is 5.91 Å². The van der Waals surface area contributed by atoms with Gasteiger partial charge >= 0.3 is 0 Å². The van der Waals surface area contributed by atoms with Gasteiger partial charge in [-0.2, -0.15) is 0 Å². The van der Waals surface area contributed by atoms with Crippen LogP contribution in [0.4, 0.5) is 11.4 Å². The molecule has 1 amide bonds. The molecule has 0 N–H and O–H groups in total. The monoisotopic (exact) mass is 265 g/mol. The molecule has 2 aromatic rings. The van der Waals surface area contributed by atoms with Crippen molar-refractivity contribution in [2.45, 2.75) is 32.6 Å². The number of para-hydroxylation sites is 1. The summed E-state index contributed by atoms with van der Waals surface area (Å²) in [6.07, 6.45) is 4.66. The van der Waals surface area contributed by atoms with Crippen molar-refractivity contribution in [2.75, 3.05) is 4.90 Å². The lowest BCUT2D eigenvalue weighted by molar-refractivity contribution is -0.115. The highest BCUT2D eigenvalue weighted by Gasteiger charge is 2.20. The van der Waals surface area contributed by atoms with E-state index in [0.29, 0.717) is 0 Å². The number of hydrogen-bond donors (Lipinski definition) is 0. The summed E-state index contributed by atoms with van der Waals surface area (Å²) in [6.45, 7) is 1.63. The zero-order valence-electron chi connectivity index (χ0n) is 11.8. The van der Waals surface area contributed by atoms with Crippen LogP contribution in [0.5, 0.6) is 0 Å². The topological polar surface area (TPSA) is 20.3 Å². The van der Waals surface area contributed by atoms with E-state index in [1.807, 2.05) is 35.2 Å². The molecule has 0 atom stereocenters. The standard InChI is InChI=1S/C18H19NO/c1-14(20)19(16-10-3-2-4-11-16)18-13-7-9-15-8-5-6-12-17(15)18/h2-4,7,9-11,13H,5-6,8,12H2,1H3. The third-order valence-electron chi connectivity index (χ3n) is 3.94. The minimum atomic E-state index is 0.0650. The molecule has 1 aliphatic rings. The van der Waals surface area contributed by atoms with Crippen molar-refractivity contribution < 1.29 is 4.79 Å². The van der Waals surface area contributed by atoms with Crippen molar-refractivity contribution in [3.8, 4) is 0 Å². The van der Waals surface area contributed by atoms with Gasteiger partial charge in [-0.25, -0.2) is 0 Å². The number of benzene rings is 2. The molecule has 2 heteroatoms. The zero-order chi connectivity index (χ0) is 13.9. The van der Waals surface area contributed by atoms with Crippen molar-refractivity contribution in [1.82, 2.24) is 0 Å². The number of carbonyl (C=O) groups excluding carboxylic acids is 1. The molecule has 0 fully saturated rings. The summed E-state index contributed by atoms with van der Waals surface area (Å²) in [5.41, 5.74) is 4.74. The maximum absolute atomic E-state index is 12.2. The fourth-order valence-corrected chi connectivity index (χ4v) is 3.04. The highest BCUT2D eigenvalue weighted by atomic mass is 16.2. The maximum Gasteiger partial charge on any atom is 0.228 e. The van der Waals surface area contributed by atoms with Gasteiger partial charge in [-0.3, -0.25) is 9.69 Å². The Hall–Kier alpha value is -2.09. The number of fused-ring (bicyclic) bond motifs is 1. The first-order valence-electron chi connectivity index (χ1n) is 7.24. The van der Waals surface area contributed by atoms with Gasteiger partial charge in [0.15, 0.2) is 0 Å². The summed E-state index contributed by atoms with van der Waals surface area (Å²) < 4.78 is 0. The molecule has 0 aromatic heterocycles. The SMILES string of the molecule is CC(=O)N(c1ccccc1)c1cccc2c1CCCC2. The molecule has 0 saturated heterocycles. The lowest BCUT2D eigenvalue weighted by atomic mass is 9.90. The normalized spacial score (nSPS) is 13.7. The van der Waals surface area contributed by atoms with E-state index in [4.69, 9.17) is 0 Å². The molecule has 0 saturated carbocycles. The van der Waals surface area contributed by atoms with E-state index in [1.54, 1.807) is 6.92 Å². The van der Waals surface area contributed by atoms with E-state index in [1.165, 1.54) is 24.0 Å². The van der Waals surface area contributed by atoms with E-state index < -0.39 is 0 Å². The molecule has 0 aliphatic heterocycles. The van der Waals surface area contributed by atoms with Gasteiger partial charge in [0.2, 0.25) is 5.91 Å². The molecule has 20 heavy (non-hydrogen) atoms. The van der Waals surface area contributed by atoms with Gasteiger partial charge in [0, 0.05) is 12.6 Å². The van der Waals surface area contributed by atoms with E-state index in [2.05, 4.69) is 18.2 Å². The highest BCUT2D eigenvalue weighted by Crippen LogP contribution is 2.34. The van der Waals surface area contributed by atoms with Crippen LogP contribution in [-0.2, 0) is 17.6 Å². The lowest BCUT2D eigenvalue weighted by Gasteiger charge is -2.27. The second-order valence-corrected chi connectivity index (χ2v) is 5.31. The van der Waals surface area contributed by atoms with Gasteiger partial charge in [0.05, 0.1) is 5.69 Å². The van der Waals surface area contributed by atoms with E-state index >= 15 is 0 Å². The van der Waals surface area contributed by atoms with Crippen molar-refractivity contribution in [2.24, 2.45) is 0 Å². The summed E-state index contributed by atoms with van der Waals surface area (Å²) in [5, 5.41) is 0. The number of carbonyl (C=O) groups is 1. The fourth-order valence-electron chi connectivity index (χ4n) is 3.04. The quantitative estimate of drug-likeness (QED) is 0.795. The first-order chi connectivity index (χ1) is 9.77. The van der Waals surface area contributed by atoms with Crippen LogP contribution in [0.25, 0.3) is 0 Å². The predicted octanol–water partition coefficient (Wildman–Crippen LogP) is 4.25. The van der Waals surface area contributed by atoms with Crippen LogP contribution >= 0.6 is 0 Å². The molecule has 0 heterocycles. The average Bonchev–Trinajstić information content (AvgIpc) is 2.48. The Morgan fingerprint density at radius 2 is 1.70 bits per heavy atom. The largest absolute Gasteiger partial charge is 0.281 e. The van der Waals surface area contributed by atoms with Crippen molar-refractivity contribution >= 4 is 17.3 Å². The molecule has 0 unspecified atom stereocenters. The number of hydrogen-bond acceptors (Lipinski definition) is 1. The van der Waals surface area contributed by atoms with Crippen LogP contribution < -0.4 is 4.90 Å². The molecule has 2 nitrogen and oxygen atoms in total. The van der Waals surface area contributed by atoms with Crippen LogP contribution in [0, 0.1) is 0 Å². The molecular weight excluding hydrogens is 246 g/mol. The maximum atomic E-state index is 12.2. The van der Waals surface area contributed by atoms with Crippen LogP contribution in [0.1, 0.15) is 30.9 Å². The lowest BCUT2D eigenvalue weighted by Crippen LogP contribution is -2.24. The van der Waals surface area contributed by atoms with Crippen LogP contribution in [0.2, 0.25) is 0 Å². The summed E-state index contributed by atoms with van der Waals surface area (Å²) in [4.78, 5) is 14.0. The van der Waals surface area contributed by atoms with Crippen LogP contribution in [-0.4, -0.2) is 5.91 Å². The molecule has 3 rings (SSSR count). The van der Waals surface area contributed by atoms with Gasteiger partial charge < -0.3 is 0 Å². The summed E-state index contributed by atoms with van der Waals surface area (Å²) in [7, 11) is 0. The minimum absolute atomic E-state index is 0.0650. The van der Waals surface area contributed by atoms with Gasteiger partial charge in [0.1, 0.15) is 0 Å². The highest BCUT2D eigenvalue weighted by molar-refractivity contribution is 5.99. The Labute approximate surface area is 120 Å². The number of amides is 1. The van der Waals surface area contributed by atoms with Crippen molar-refractivity contribution in [3.05, 3.63) is 59.7 Å². The van der Waals surface area contributed by atoms with Gasteiger partial charge in [-0.1, -0.05) is 30.3 Å². The third-order valence-corrected chi connectivity index (χ3v) is 3.94. The van der Waals surface area contributed by atoms with Gasteiger partial charge in [-0.15, -0.1) is 0 Å². The number of aryl methyl sites for hydroxylation is 1. The minimum Gasteiger partial charge on any atom is -0.281 e. The summed E-state index contributed by atoms with van der Waals surface area (Å²) >= 11 is 0. The van der Waals surface area contributed by atoms with Gasteiger partial charge in [0.25, 0.3) is 0 Å². The molecule has 2 aromatic carbocycles. The third kappa shape index (κ3) is 2.34. The second-order valence-electron chi connectivity index (χ2n) is 5.31. The molecule has 0 spiro atoms. The Bertz CT molecular complexity index is 619.